The first kappa shape index (κ1) is 30.2. The van der Waals surface area contributed by atoms with Gasteiger partial charge >= 0.3 is 13.1 Å². The van der Waals surface area contributed by atoms with Gasteiger partial charge in [-0.15, -0.1) is 24.8 Å². The second-order valence-corrected chi connectivity index (χ2v) is 7.49. The van der Waals surface area contributed by atoms with Crippen molar-refractivity contribution in [3.63, 3.8) is 0 Å². The van der Waals surface area contributed by atoms with Gasteiger partial charge in [0.25, 0.3) is 0 Å². The van der Waals surface area contributed by atoms with Crippen LogP contribution in [-0.2, 0) is 11.3 Å². The molecule has 0 spiro atoms. The first-order chi connectivity index (χ1) is 12.6. The van der Waals surface area contributed by atoms with E-state index in [-0.39, 0.29) is 37.2 Å². The number of hydrogen-bond acceptors (Lipinski definition) is 6. The van der Waals surface area contributed by atoms with E-state index in [9.17, 15) is 9.90 Å². The van der Waals surface area contributed by atoms with Crippen LogP contribution in [0.2, 0.25) is 6.32 Å². The van der Waals surface area contributed by atoms with E-state index in [1.165, 1.54) is 0 Å². The number of benzene rings is 1. The predicted molar refractivity (Wildman–Crippen MR) is 121 cm³/mol. The van der Waals surface area contributed by atoms with Crippen molar-refractivity contribution in [2.75, 3.05) is 13.6 Å². The summed E-state index contributed by atoms with van der Waals surface area (Å²) in [6, 6.07) is 7.87. The Morgan fingerprint density at radius 2 is 1.76 bits per heavy atom. The molecule has 10 heteroatoms. The Labute approximate surface area is 186 Å². The zero-order valence-corrected chi connectivity index (χ0v) is 19.0. The third-order valence-corrected chi connectivity index (χ3v) is 4.45. The number of nitrogens with zero attached hydrogens (tertiary/aromatic N) is 1. The Bertz CT molecular complexity index is 578. The van der Waals surface area contributed by atoms with Crippen molar-refractivity contribution < 1.29 is 24.7 Å². The van der Waals surface area contributed by atoms with Gasteiger partial charge in [0.15, 0.2) is 0 Å². The lowest BCUT2D eigenvalue weighted by atomic mass is 9.81. The average Bonchev–Trinajstić information content (AvgIpc) is 2.58. The van der Waals surface area contributed by atoms with Crippen LogP contribution < -0.4 is 10.5 Å². The Kier molecular flexibility index (Phi) is 15.5. The standard InChI is InChI=1S/C19H33BN2O5.2ClH/c1-15(2)27-17-8-6-16(7-9-17)14-22(3)13-11-19(21,18(23)24)10-4-5-12-20(25)26;;/h6-9,15,25-26H,4-5,10-14,21H2,1-3H3,(H,23,24);2*1H. The minimum atomic E-state index is -1.36. The molecule has 1 rings (SSSR count). The minimum absolute atomic E-state index is 0. The minimum Gasteiger partial charge on any atom is -0.491 e. The summed E-state index contributed by atoms with van der Waals surface area (Å²) in [5.74, 6) is -0.188. The van der Waals surface area contributed by atoms with E-state index in [4.69, 9.17) is 20.5 Å². The van der Waals surface area contributed by atoms with Crippen LogP contribution in [0.3, 0.4) is 0 Å². The molecule has 1 aromatic rings. The summed E-state index contributed by atoms with van der Waals surface area (Å²) in [5.41, 5.74) is 5.91. The van der Waals surface area contributed by atoms with E-state index in [1.54, 1.807) is 0 Å². The zero-order valence-electron chi connectivity index (χ0n) is 17.4. The Morgan fingerprint density at radius 3 is 2.24 bits per heavy atom. The largest absolute Gasteiger partial charge is 0.491 e. The molecule has 0 fully saturated rings. The maximum atomic E-state index is 11.6. The van der Waals surface area contributed by atoms with E-state index in [1.807, 2.05) is 50.1 Å². The van der Waals surface area contributed by atoms with E-state index >= 15 is 0 Å². The molecular weight excluding hydrogens is 418 g/mol. The Morgan fingerprint density at radius 1 is 1.17 bits per heavy atom. The highest BCUT2D eigenvalue weighted by molar-refractivity contribution is 6.40. The van der Waals surface area contributed by atoms with E-state index in [0.717, 1.165) is 11.3 Å². The topological polar surface area (TPSA) is 116 Å². The molecule has 0 saturated heterocycles. The maximum Gasteiger partial charge on any atom is 0.451 e. The van der Waals surface area contributed by atoms with Crippen molar-refractivity contribution in [2.24, 2.45) is 5.73 Å². The predicted octanol–water partition coefficient (Wildman–Crippen LogP) is 2.56. The second-order valence-electron chi connectivity index (χ2n) is 7.49. The molecule has 0 aliphatic heterocycles. The summed E-state index contributed by atoms with van der Waals surface area (Å²) in [7, 11) is 0.577. The number of hydrogen-bond donors (Lipinski definition) is 4. The van der Waals surface area contributed by atoms with E-state index in [2.05, 4.69) is 0 Å². The van der Waals surface area contributed by atoms with Crippen molar-refractivity contribution in [1.29, 1.82) is 0 Å². The molecule has 0 aliphatic rings. The van der Waals surface area contributed by atoms with Gasteiger partial charge in [0.1, 0.15) is 11.3 Å². The highest BCUT2D eigenvalue weighted by Crippen LogP contribution is 2.19. The lowest BCUT2D eigenvalue weighted by Crippen LogP contribution is -2.49. The maximum absolute atomic E-state index is 11.6. The van der Waals surface area contributed by atoms with Crippen LogP contribution in [0.15, 0.2) is 24.3 Å². The first-order valence-electron chi connectivity index (χ1n) is 9.45. The number of carboxylic acids is 1. The van der Waals surface area contributed by atoms with Crippen LogP contribution >= 0.6 is 24.8 Å². The molecule has 0 aliphatic carbocycles. The van der Waals surface area contributed by atoms with Gasteiger partial charge in [0, 0.05) is 13.1 Å². The fraction of sp³-hybridized carbons (Fsp3) is 0.632. The van der Waals surface area contributed by atoms with E-state index < -0.39 is 18.6 Å². The van der Waals surface area contributed by atoms with Crippen LogP contribution in [0.4, 0.5) is 0 Å². The van der Waals surface area contributed by atoms with Gasteiger partial charge in [-0.3, -0.25) is 4.79 Å². The smallest absolute Gasteiger partial charge is 0.451 e. The van der Waals surface area contributed by atoms with Crippen molar-refractivity contribution in [2.45, 2.75) is 64.0 Å². The highest BCUT2D eigenvalue weighted by atomic mass is 35.5. The summed E-state index contributed by atoms with van der Waals surface area (Å²) in [5, 5.41) is 27.2. The molecule has 1 aromatic carbocycles. The SMILES string of the molecule is CC(C)Oc1ccc(CN(C)CCC(N)(CCCCB(O)O)C(=O)O)cc1.Cl.Cl. The number of ether oxygens (including phenoxy) is 1. The van der Waals surface area contributed by atoms with Gasteiger partial charge < -0.3 is 30.5 Å². The molecule has 29 heavy (non-hydrogen) atoms. The molecule has 5 N–H and O–H groups in total. The van der Waals surface area contributed by atoms with E-state index in [0.29, 0.717) is 38.8 Å². The van der Waals surface area contributed by atoms with Crippen molar-refractivity contribution in [1.82, 2.24) is 4.90 Å². The quantitative estimate of drug-likeness (QED) is 0.268. The molecule has 7 nitrogen and oxygen atoms in total. The van der Waals surface area contributed by atoms with Crippen molar-refractivity contribution in [3.8, 4) is 5.75 Å². The monoisotopic (exact) mass is 452 g/mol. The molecule has 0 heterocycles. The van der Waals surface area contributed by atoms with Crippen LogP contribution in [0.25, 0.3) is 0 Å². The van der Waals surface area contributed by atoms with Crippen LogP contribution in [-0.4, -0.2) is 58.4 Å². The van der Waals surface area contributed by atoms with Crippen molar-refractivity contribution in [3.05, 3.63) is 29.8 Å². The number of carbonyl (C=O) groups is 1. The summed E-state index contributed by atoms with van der Waals surface area (Å²) < 4.78 is 5.63. The van der Waals surface area contributed by atoms with Crippen molar-refractivity contribution >= 4 is 37.9 Å². The van der Waals surface area contributed by atoms with Gasteiger partial charge in [-0.05, 0) is 57.8 Å². The molecule has 0 amide bonds. The summed E-state index contributed by atoms with van der Waals surface area (Å²) in [4.78, 5) is 13.6. The number of nitrogens with two attached hydrogens (primary N) is 1. The normalized spacial score (nSPS) is 12.7. The average molecular weight is 453 g/mol. The molecule has 1 atom stereocenters. The highest BCUT2D eigenvalue weighted by Gasteiger charge is 2.33. The molecule has 0 radical (unpaired) electrons. The molecule has 168 valence electrons. The number of aliphatic carboxylic acids is 1. The van der Waals surface area contributed by atoms with Gasteiger partial charge in [-0.25, -0.2) is 0 Å². The molecular formula is C19H35BCl2N2O5. The molecule has 0 bridgehead atoms. The molecule has 0 aromatic heterocycles. The van der Waals surface area contributed by atoms with Crippen LogP contribution in [0.1, 0.15) is 45.1 Å². The van der Waals surface area contributed by atoms with Crippen LogP contribution in [0, 0.1) is 0 Å². The van der Waals surface area contributed by atoms with Gasteiger partial charge in [0.05, 0.1) is 6.10 Å². The zero-order chi connectivity index (χ0) is 20.4. The Hall–Kier alpha value is -1.03. The van der Waals surface area contributed by atoms with Crippen LogP contribution in [0.5, 0.6) is 5.75 Å². The summed E-state index contributed by atoms with van der Waals surface area (Å²) >= 11 is 0. The second kappa shape index (κ2) is 14.9. The lowest BCUT2D eigenvalue weighted by molar-refractivity contribution is -0.144. The fourth-order valence-electron chi connectivity index (χ4n) is 2.83. The Balaban J connectivity index is 0. The fourth-order valence-corrected chi connectivity index (χ4v) is 2.83. The number of carboxylic acid groups (broad SMARTS) is 1. The lowest BCUT2D eigenvalue weighted by Gasteiger charge is -2.27. The van der Waals surface area contributed by atoms with Gasteiger partial charge in [-0.2, -0.15) is 0 Å². The van der Waals surface area contributed by atoms with Gasteiger partial charge in [0.2, 0.25) is 0 Å². The number of rotatable bonds is 13. The molecule has 1 unspecified atom stereocenters. The van der Waals surface area contributed by atoms with Gasteiger partial charge in [-0.1, -0.05) is 25.0 Å². The third-order valence-electron chi connectivity index (χ3n) is 4.45. The third kappa shape index (κ3) is 12.3. The summed E-state index contributed by atoms with van der Waals surface area (Å²) in [6.07, 6.45) is 2.07. The molecule has 0 saturated carbocycles. The first-order valence-corrected chi connectivity index (χ1v) is 9.45. The number of halogens is 2. The summed E-state index contributed by atoms with van der Waals surface area (Å²) in [6.45, 7) is 5.20. The number of unbranched alkanes of at least 4 members (excludes halogenated alkanes) is 1.